The van der Waals surface area contributed by atoms with Crippen molar-refractivity contribution in [1.29, 1.82) is 0 Å². The predicted octanol–water partition coefficient (Wildman–Crippen LogP) is 1.24. The molecule has 0 radical (unpaired) electrons. The molecule has 1 heterocycles. The quantitative estimate of drug-likeness (QED) is 0.671. The average molecular weight is 184 g/mol. The highest BCUT2D eigenvalue weighted by Crippen LogP contribution is 2.29. The van der Waals surface area contributed by atoms with Gasteiger partial charge in [-0.05, 0) is 13.8 Å². The average Bonchev–Trinajstić information content (AvgIpc) is 2.37. The smallest absolute Gasteiger partial charge is 0.164 e. The second-order valence-electron chi connectivity index (χ2n) is 3.41. The number of hydrogen-bond donors (Lipinski definition) is 1. The SMILES string of the molecule is C=C[C@H]1OC(C)(C)O[C@@H]1/C=C/CO. The Morgan fingerprint density at radius 3 is 2.54 bits per heavy atom. The highest BCUT2D eigenvalue weighted by Gasteiger charge is 2.37. The van der Waals surface area contributed by atoms with Gasteiger partial charge in [-0.2, -0.15) is 0 Å². The van der Waals surface area contributed by atoms with E-state index in [1.54, 1.807) is 18.2 Å². The van der Waals surface area contributed by atoms with Crippen molar-refractivity contribution in [2.24, 2.45) is 0 Å². The van der Waals surface area contributed by atoms with E-state index in [0.29, 0.717) is 0 Å². The third-order valence-corrected chi connectivity index (χ3v) is 1.83. The Balaban J connectivity index is 2.63. The predicted molar refractivity (Wildman–Crippen MR) is 50.2 cm³/mol. The lowest BCUT2D eigenvalue weighted by molar-refractivity contribution is -0.138. The first-order chi connectivity index (χ1) is 6.09. The number of aliphatic hydroxyl groups excluding tert-OH is 1. The fourth-order valence-electron chi connectivity index (χ4n) is 1.34. The molecule has 0 amide bonds. The van der Waals surface area contributed by atoms with Gasteiger partial charge >= 0.3 is 0 Å². The van der Waals surface area contributed by atoms with E-state index in [1.807, 2.05) is 13.8 Å². The first kappa shape index (κ1) is 10.4. The molecule has 3 heteroatoms. The van der Waals surface area contributed by atoms with Crippen LogP contribution >= 0.6 is 0 Å². The Bertz CT molecular complexity index is 208. The zero-order valence-electron chi connectivity index (χ0n) is 8.06. The summed E-state index contributed by atoms with van der Waals surface area (Å²) in [5, 5.41) is 8.61. The Hall–Kier alpha value is -0.640. The van der Waals surface area contributed by atoms with Crippen molar-refractivity contribution in [2.75, 3.05) is 6.61 Å². The van der Waals surface area contributed by atoms with Gasteiger partial charge in [0.05, 0.1) is 6.61 Å². The molecule has 1 N–H and O–H groups in total. The number of hydrogen-bond acceptors (Lipinski definition) is 3. The van der Waals surface area contributed by atoms with Crippen LogP contribution in [0.25, 0.3) is 0 Å². The second kappa shape index (κ2) is 4.05. The van der Waals surface area contributed by atoms with Crippen LogP contribution in [0.2, 0.25) is 0 Å². The van der Waals surface area contributed by atoms with Crippen molar-refractivity contribution < 1.29 is 14.6 Å². The van der Waals surface area contributed by atoms with Crippen LogP contribution in [0.15, 0.2) is 24.8 Å². The molecule has 74 valence electrons. The molecule has 1 aliphatic rings. The van der Waals surface area contributed by atoms with Crippen LogP contribution in [0.3, 0.4) is 0 Å². The summed E-state index contributed by atoms with van der Waals surface area (Å²) in [7, 11) is 0. The van der Waals surface area contributed by atoms with Crippen molar-refractivity contribution in [3.63, 3.8) is 0 Å². The minimum atomic E-state index is -0.566. The van der Waals surface area contributed by atoms with Crippen LogP contribution in [0.5, 0.6) is 0 Å². The van der Waals surface area contributed by atoms with Gasteiger partial charge in [-0.1, -0.05) is 18.2 Å². The molecule has 0 aromatic heterocycles. The maximum atomic E-state index is 8.61. The monoisotopic (exact) mass is 184 g/mol. The maximum Gasteiger partial charge on any atom is 0.164 e. The van der Waals surface area contributed by atoms with Crippen molar-refractivity contribution >= 4 is 0 Å². The molecule has 1 rings (SSSR count). The molecule has 0 bridgehead atoms. The van der Waals surface area contributed by atoms with E-state index in [9.17, 15) is 0 Å². The van der Waals surface area contributed by atoms with Crippen LogP contribution in [-0.2, 0) is 9.47 Å². The number of rotatable bonds is 3. The highest BCUT2D eigenvalue weighted by molar-refractivity contribution is 5.03. The number of ether oxygens (including phenoxy) is 2. The van der Waals surface area contributed by atoms with Gasteiger partial charge in [0.2, 0.25) is 0 Å². The van der Waals surface area contributed by atoms with E-state index in [2.05, 4.69) is 6.58 Å². The standard InChI is InChI=1S/C10H16O3/c1-4-8-9(6-5-7-11)13-10(2,3)12-8/h4-6,8-9,11H,1,7H2,2-3H3/b6-5+/t8-,9-/m1/s1. The van der Waals surface area contributed by atoms with Gasteiger partial charge in [0, 0.05) is 0 Å². The molecule has 0 spiro atoms. The number of aliphatic hydroxyl groups is 1. The minimum absolute atomic E-state index is 0.0180. The van der Waals surface area contributed by atoms with Gasteiger partial charge in [0.25, 0.3) is 0 Å². The van der Waals surface area contributed by atoms with E-state index >= 15 is 0 Å². The first-order valence-electron chi connectivity index (χ1n) is 4.35. The van der Waals surface area contributed by atoms with E-state index < -0.39 is 5.79 Å². The van der Waals surface area contributed by atoms with Crippen molar-refractivity contribution in [3.05, 3.63) is 24.8 Å². The fourth-order valence-corrected chi connectivity index (χ4v) is 1.34. The molecule has 1 aliphatic heterocycles. The van der Waals surface area contributed by atoms with Crippen LogP contribution in [-0.4, -0.2) is 29.7 Å². The molecule has 3 nitrogen and oxygen atoms in total. The Kier molecular flexibility index (Phi) is 3.25. The van der Waals surface area contributed by atoms with Gasteiger partial charge < -0.3 is 14.6 Å². The Morgan fingerprint density at radius 1 is 1.38 bits per heavy atom. The van der Waals surface area contributed by atoms with Crippen LogP contribution in [0.4, 0.5) is 0 Å². The summed E-state index contributed by atoms with van der Waals surface area (Å²) < 4.78 is 11.1. The molecule has 0 aliphatic carbocycles. The van der Waals surface area contributed by atoms with Crippen molar-refractivity contribution in [3.8, 4) is 0 Å². The Labute approximate surface area is 78.7 Å². The van der Waals surface area contributed by atoms with Gasteiger partial charge in [-0.15, -0.1) is 6.58 Å². The highest BCUT2D eigenvalue weighted by atomic mass is 16.7. The van der Waals surface area contributed by atoms with Crippen molar-refractivity contribution in [1.82, 2.24) is 0 Å². The Morgan fingerprint density at radius 2 is 2.00 bits per heavy atom. The fraction of sp³-hybridized carbons (Fsp3) is 0.600. The van der Waals surface area contributed by atoms with Crippen LogP contribution in [0.1, 0.15) is 13.8 Å². The zero-order chi connectivity index (χ0) is 9.90. The molecular formula is C10H16O3. The molecular weight excluding hydrogens is 168 g/mol. The molecule has 0 saturated carbocycles. The van der Waals surface area contributed by atoms with Gasteiger partial charge in [0.15, 0.2) is 5.79 Å². The molecule has 1 fully saturated rings. The van der Waals surface area contributed by atoms with Gasteiger partial charge in [-0.25, -0.2) is 0 Å². The summed E-state index contributed by atoms with van der Waals surface area (Å²) >= 11 is 0. The molecule has 13 heavy (non-hydrogen) atoms. The summed E-state index contributed by atoms with van der Waals surface area (Å²) in [4.78, 5) is 0. The normalized spacial score (nSPS) is 32.5. The van der Waals surface area contributed by atoms with Crippen LogP contribution < -0.4 is 0 Å². The molecule has 0 aromatic carbocycles. The zero-order valence-corrected chi connectivity index (χ0v) is 8.06. The largest absolute Gasteiger partial charge is 0.392 e. The lowest BCUT2D eigenvalue weighted by atomic mass is 10.2. The molecule has 0 aromatic rings. The van der Waals surface area contributed by atoms with E-state index in [4.69, 9.17) is 14.6 Å². The molecule has 1 saturated heterocycles. The topological polar surface area (TPSA) is 38.7 Å². The third-order valence-electron chi connectivity index (χ3n) is 1.83. The van der Waals surface area contributed by atoms with Gasteiger partial charge in [0.1, 0.15) is 12.2 Å². The third kappa shape index (κ3) is 2.66. The second-order valence-corrected chi connectivity index (χ2v) is 3.41. The summed E-state index contributed by atoms with van der Waals surface area (Å²) in [6, 6.07) is 0. The summed E-state index contributed by atoms with van der Waals surface area (Å²) in [5.41, 5.74) is 0. The summed E-state index contributed by atoms with van der Waals surface area (Å²) in [6.45, 7) is 7.40. The maximum absolute atomic E-state index is 8.61. The van der Waals surface area contributed by atoms with E-state index in [0.717, 1.165) is 0 Å². The molecule has 0 unspecified atom stereocenters. The van der Waals surface area contributed by atoms with Crippen LogP contribution in [0, 0.1) is 0 Å². The summed E-state index contributed by atoms with van der Waals surface area (Å²) in [5.74, 6) is -0.566. The van der Waals surface area contributed by atoms with Gasteiger partial charge in [-0.3, -0.25) is 0 Å². The van der Waals surface area contributed by atoms with Crippen molar-refractivity contribution in [2.45, 2.75) is 31.8 Å². The lowest BCUT2D eigenvalue weighted by Gasteiger charge is -2.15. The van der Waals surface area contributed by atoms with E-state index in [-0.39, 0.29) is 18.8 Å². The molecule has 2 atom stereocenters. The summed E-state index contributed by atoms with van der Waals surface area (Å²) in [6.07, 6.45) is 4.88. The van der Waals surface area contributed by atoms with E-state index in [1.165, 1.54) is 0 Å². The lowest BCUT2D eigenvalue weighted by Crippen LogP contribution is -2.20. The first-order valence-corrected chi connectivity index (χ1v) is 4.35. The minimum Gasteiger partial charge on any atom is -0.392 e.